The number of carbonyl (C=O) groups is 1. The van der Waals surface area contributed by atoms with Crippen molar-refractivity contribution in [2.75, 3.05) is 6.61 Å². The van der Waals surface area contributed by atoms with Gasteiger partial charge in [-0.2, -0.15) is 5.26 Å². The van der Waals surface area contributed by atoms with Crippen LogP contribution in [-0.2, 0) is 9.53 Å². The van der Waals surface area contributed by atoms with E-state index in [1.165, 1.54) is 12.1 Å². The highest BCUT2D eigenvalue weighted by Gasteiger charge is 2.08. The lowest BCUT2D eigenvalue weighted by molar-refractivity contribution is -0.141. The number of nitrogens with zero attached hydrogens (tertiary/aromatic N) is 1. The molecule has 0 aromatic carbocycles. The number of aliphatic hydroxyl groups excluding tert-OH is 1. The monoisotopic (exact) mass is 234 g/mol. The molecule has 1 aromatic heterocycles. The molecule has 0 spiro atoms. The minimum atomic E-state index is -0.877. The van der Waals surface area contributed by atoms with E-state index in [1.54, 1.807) is 13.0 Å². The molecule has 0 saturated carbocycles. The van der Waals surface area contributed by atoms with Gasteiger partial charge in [0.15, 0.2) is 0 Å². The van der Waals surface area contributed by atoms with E-state index in [2.05, 4.69) is 9.72 Å². The SMILES string of the molecule is CCOC(=O)/C(O)=C/c1ccc(C#N)c(=O)[nH]1. The lowest BCUT2D eigenvalue weighted by Crippen LogP contribution is -2.11. The van der Waals surface area contributed by atoms with E-state index in [0.717, 1.165) is 6.08 Å². The van der Waals surface area contributed by atoms with Crippen molar-refractivity contribution in [2.45, 2.75) is 6.92 Å². The standard InChI is InChI=1S/C11H10N2O4/c1-2-17-11(16)9(14)5-8-4-3-7(6-12)10(15)13-8/h3-5,14H,2H2,1H3,(H,13,15)/b9-5-. The first-order valence-electron chi connectivity index (χ1n) is 4.79. The first-order chi connectivity index (χ1) is 8.08. The highest BCUT2D eigenvalue weighted by Crippen LogP contribution is 2.02. The summed E-state index contributed by atoms with van der Waals surface area (Å²) in [5.41, 5.74) is -0.421. The predicted molar refractivity (Wildman–Crippen MR) is 59.0 cm³/mol. The highest BCUT2D eigenvalue weighted by atomic mass is 16.5. The number of nitrogens with one attached hydrogen (secondary N) is 1. The summed E-state index contributed by atoms with van der Waals surface area (Å²) in [6, 6.07) is 4.39. The number of nitriles is 1. The van der Waals surface area contributed by atoms with Crippen LogP contribution in [0.2, 0.25) is 0 Å². The molecule has 0 amide bonds. The van der Waals surface area contributed by atoms with Crippen LogP contribution in [-0.4, -0.2) is 22.7 Å². The van der Waals surface area contributed by atoms with Crippen molar-refractivity contribution < 1.29 is 14.6 Å². The maximum atomic E-state index is 11.2. The first kappa shape index (κ1) is 12.5. The number of hydrogen-bond acceptors (Lipinski definition) is 5. The topological polar surface area (TPSA) is 103 Å². The predicted octanol–water partition coefficient (Wildman–Crippen LogP) is 0.709. The second-order valence-electron chi connectivity index (χ2n) is 3.02. The van der Waals surface area contributed by atoms with E-state index < -0.39 is 17.3 Å². The number of esters is 1. The van der Waals surface area contributed by atoms with Crippen LogP contribution in [0.3, 0.4) is 0 Å². The van der Waals surface area contributed by atoms with Gasteiger partial charge in [-0.1, -0.05) is 0 Å². The molecule has 0 aliphatic heterocycles. The molecule has 0 unspecified atom stereocenters. The zero-order valence-electron chi connectivity index (χ0n) is 9.06. The van der Waals surface area contributed by atoms with Crippen LogP contribution in [0.1, 0.15) is 18.2 Å². The van der Waals surface area contributed by atoms with Crippen LogP contribution < -0.4 is 5.56 Å². The van der Waals surface area contributed by atoms with Crippen LogP contribution in [0.15, 0.2) is 22.7 Å². The number of carbonyl (C=O) groups excluding carboxylic acids is 1. The molecule has 2 N–H and O–H groups in total. The molecule has 0 atom stereocenters. The number of rotatable bonds is 3. The van der Waals surface area contributed by atoms with E-state index >= 15 is 0 Å². The maximum Gasteiger partial charge on any atom is 0.373 e. The summed E-state index contributed by atoms with van der Waals surface area (Å²) in [4.78, 5) is 24.6. The van der Waals surface area contributed by atoms with Gasteiger partial charge in [-0.15, -0.1) is 0 Å². The fraction of sp³-hybridized carbons (Fsp3) is 0.182. The molecule has 0 aliphatic rings. The molecule has 17 heavy (non-hydrogen) atoms. The lowest BCUT2D eigenvalue weighted by Gasteiger charge is -2.00. The number of aromatic amines is 1. The first-order valence-corrected chi connectivity index (χ1v) is 4.79. The Morgan fingerprint density at radius 3 is 2.88 bits per heavy atom. The Bertz CT molecular complexity index is 551. The molecule has 6 heteroatoms. The summed E-state index contributed by atoms with van der Waals surface area (Å²) in [7, 11) is 0. The fourth-order valence-corrected chi connectivity index (χ4v) is 1.07. The third-order valence-electron chi connectivity index (χ3n) is 1.83. The molecule has 0 aliphatic carbocycles. The van der Waals surface area contributed by atoms with Gasteiger partial charge in [0.1, 0.15) is 11.6 Å². The van der Waals surface area contributed by atoms with Gasteiger partial charge in [-0.25, -0.2) is 4.79 Å². The Morgan fingerprint density at radius 2 is 2.35 bits per heavy atom. The average molecular weight is 234 g/mol. The van der Waals surface area contributed by atoms with Crippen LogP contribution in [0.4, 0.5) is 0 Å². The van der Waals surface area contributed by atoms with E-state index in [1.807, 2.05) is 0 Å². The van der Waals surface area contributed by atoms with Crippen molar-refractivity contribution in [2.24, 2.45) is 0 Å². The van der Waals surface area contributed by atoms with Gasteiger partial charge in [0, 0.05) is 11.8 Å². The Kier molecular flexibility index (Phi) is 4.06. The van der Waals surface area contributed by atoms with E-state index in [9.17, 15) is 14.7 Å². The van der Waals surface area contributed by atoms with Gasteiger partial charge in [-0.3, -0.25) is 4.79 Å². The molecule has 0 saturated heterocycles. The average Bonchev–Trinajstić information content (AvgIpc) is 2.29. The zero-order chi connectivity index (χ0) is 12.8. The van der Waals surface area contributed by atoms with E-state index in [-0.39, 0.29) is 17.9 Å². The van der Waals surface area contributed by atoms with Crippen molar-refractivity contribution >= 4 is 12.0 Å². The third kappa shape index (κ3) is 3.21. The molecule has 0 fully saturated rings. The van der Waals surface area contributed by atoms with Crippen LogP contribution in [0, 0.1) is 11.3 Å². The Hall–Kier alpha value is -2.55. The summed E-state index contributed by atoms with van der Waals surface area (Å²) in [5.74, 6) is -1.50. The van der Waals surface area contributed by atoms with Gasteiger partial charge in [0.2, 0.25) is 5.76 Å². The highest BCUT2D eigenvalue weighted by molar-refractivity contribution is 5.90. The second kappa shape index (κ2) is 5.51. The number of pyridine rings is 1. The molecular formula is C11H10N2O4. The molecular weight excluding hydrogens is 224 g/mol. The number of hydrogen-bond donors (Lipinski definition) is 2. The Balaban J connectivity index is 3.00. The maximum absolute atomic E-state index is 11.2. The Labute approximate surface area is 96.8 Å². The van der Waals surface area contributed by atoms with Gasteiger partial charge in [0.05, 0.1) is 6.61 Å². The van der Waals surface area contributed by atoms with Crippen molar-refractivity contribution in [3.05, 3.63) is 39.5 Å². The van der Waals surface area contributed by atoms with Crippen LogP contribution in [0.5, 0.6) is 0 Å². The fourth-order valence-electron chi connectivity index (χ4n) is 1.07. The minimum Gasteiger partial charge on any atom is -0.502 e. The zero-order valence-corrected chi connectivity index (χ0v) is 9.06. The van der Waals surface area contributed by atoms with Gasteiger partial charge in [0.25, 0.3) is 5.56 Å². The Morgan fingerprint density at radius 1 is 1.65 bits per heavy atom. The molecule has 6 nitrogen and oxygen atoms in total. The number of aromatic nitrogens is 1. The lowest BCUT2D eigenvalue weighted by atomic mass is 10.2. The van der Waals surface area contributed by atoms with Crippen molar-refractivity contribution in [1.29, 1.82) is 5.26 Å². The van der Waals surface area contributed by atoms with Gasteiger partial charge < -0.3 is 14.8 Å². The summed E-state index contributed by atoms with van der Waals surface area (Å²) >= 11 is 0. The minimum absolute atomic E-state index is 0.0437. The van der Waals surface area contributed by atoms with Crippen molar-refractivity contribution in [1.82, 2.24) is 4.98 Å². The molecule has 0 bridgehead atoms. The quantitative estimate of drug-likeness (QED) is 0.455. The van der Waals surface area contributed by atoms with Crippen LogP contribution >= 0.6 is 0 Å². The second-order valence-corrected chi connectivity index (χ2v) is 3.02. The van der Waals surface area contributed by atoms with Gasteiger partial charge >= 0.3 is 5.97 Å². The summed E-state index contributed by atoms with van der Waals surface area (Å²) < 4.78 is 4.55. The number of H-pyrrole nitrogens is 1. The van der Waals surface area contributed by atoms with Crippen molar-refractivity contribution in [3.8, 4) is 6.07 Å². The smallest absolute Gasteiger partial charge is 0.373 e. The third-order valence-corrected chi connectivity index (χ3v) is 1.83. The summed E-state index contributed by atoms with van der Waals surface area (Å²) in [6.45, 7) is 1.75. The number of aliphatic hydroxyl groups is 1. The number of ether oxygens (including phenoxy) is 1. The van der Waals surface area contributed by atoms with Crippen molar-refractivity contribution in [3.63, 3.8) is 0 Å². The normalized spacial score (nSPS) is 10.7. The molecule has 1 heterocycles. The van der Waals surface area contributed by atoms with E-state index in [4.69, 9.17) is 5.26 Å². The van der Waals surface area contributed by atoms with Crippen LogP contribution in [0.25, 0.3) is 6.08 Å². The van der Waals surface area contributed by atoms with E-state index in [0.29, 0.717) is 0 Å². The molecule has 1 aromatic rings. The molecule has 88 valence electrons. The molecule has 0 radical (unpaired) electrons. The molecule has 1 rings (SSSR count). The largest absolute Gasteiger partial charge is 0.502 e. The summed E-state index contributed by atoms with van der Waals surface area (Å²) in [6.07, 6.45) is 1.06. The van der Waals surface area contributed by atoms with Gasteiger partial charge in [-0.05, 0) is 19.1 Å². The summed E-state index contributed by atoms with van der Waals surface area (Å²) in [5, 5.41) is 17.9.